The lowest BCUT2D eigenvalue weighted by Crippen LogP contribution is -1.89. The third-order valence-corrected chi connectivity index (χ3v) is 0.999. The van der Waals surface area contributed by atoms with Crippen molar-refractivity contribution in [1.29, 1.82) is 0 Å². The highest BCUT2D eigenvalue weighted by molar-refractivity contribution is 5.85. The van der Waals surface area contributed by atoms with Crippen molar-refractivity contribution in [1.82, 2.24) is 4.98 Å². The van der Waals surface area contributed by atoms with Gasteiger partial charge in [-0.25, -0.2) is 0 Å². The zero-order valence-electron chi connectivity index (χ0n) is 5.32. The Bertz CT molecular complexity index is 205. The summed E-state index contributed by atoms with van der Waals surface area (Å²) in [4.78, 5) is 3.77. The summed E-state index contributed by atoms with van der Waals surface area (Å²) in [6.07, 6.45) is 3.12. The van der Waals surface area contributed by atoms with E-state index in [0.717, 1.165) is 5.56 Å². The molecule has 1 rings (SSSR count). The summed E-state index contributed by atoms with van der Waals surface area (Å²) < 4.78 is 0. The van der Waals surface area contributed by atoms with E-state index in [0.29, 0.717) is 5.69 Å². The van der Waals surface area contributed by atoms with Crippen LogP contribution >= 0.6 is 12.4 Å². The predicted octanol–water partition coefficient (Wildman–Crippen LogP) is 0.578. The molecule has 0 aliphatic heterocycles. The number of anilines is 1. The molecule has 3 nitrogen and oxygen atoms in total. The van der Waals surface area contributed by atoms with Gasteiger partial charge in [-0.15, -0.1) is 12.4 Å². The molecule has 10 heavy (non-hydrogen) atoms. The number of hydrogen-bond donors (Lipinski definition) is 2. The molecule has 1 aromatic heterocycles. The molecule has 0 saturated heterocycles. The smallest absolute Gasteiger partial charge is 0.0697 e. The average molecular weight is 161 g/mol. The van der Waals surface area contributed by atoms with E-state index in [-0.39, 0.29) is 19.0 Å². The van der Waals surface area contributed by atoms with E-state index in [9.17, 15) is 0 Å². The van der Waals surface area contributed by atoms with Gasteiger partial charge in [-0.1, -0.05) is 0 Å². The molecule has 0 unspecified atom stereocenters. The van der Waals surface area contributed by atoms with Gasteiger partial charge in [0.25, 0.3) is 0 Å². The Labute approximate surface area is 65.3 Å². The summed E-state index contributed by atoms with van der Waals surface area (Å²) in [6, 6.07) is 1.69. The summed E-state index contributed by atoms with van der Waals surface area (Å²) in [6.45, 7) is -0.00194. The number of aliphatic hydroxyl groups excluding tert-OH is 1. The minimum atomic E-state index is -0.00194. The van der Waals surface area contributed by atoms with Crippen LogP contribution in [0, 0.1) is 0 Å². The highest BCUT2D eigenvalue weighted by atomic mass is 35.5. The molecule has 1 aromatic rings. The van der Waals surface area contributed by atoms with Gasteiger partial charge >= 0.3 is 0 Å². The van der Waals surface area contributed by atoms with Gasteiger partial charge in [-0.2, -0.15) is 0 Å². The number of rotatable bonds is 1. The summed E-state index contributed by atoms with van der Waals surface area (Å²) in [7, 11) is 0. The normalized spacial score (nSPS) is 8.50. The molecular formula is C6H9ClN2O. The van der Waals surface area contributed by atoms with Crippen LogP contribution in [0.1, 0.15) is 5.56 Å². The van der Waals surface area contributed by atoms with E-state index in [2.05, 4.69) is 4.98 Å². The first kappa shape index (κ1) is 9.20. The molecule has 0 aliphatic carbocycles. The Morgan fingerprint density at radius 3 is 2.60 bits per heavy atom. The molecule has 0 aromatic carbocycles. The average Bonchev–Trinajstić information content (AvgIpc) is 1.88. The number of pyridine rings is 1. The van der Waals surface area contributed by atoms with Gasteiger partial charge in [0, 0.05) is 12.4 Å². The van der Waals surface area contributed by atoms with E-state index in [1.165, 1.54) is 0 Å². The van der Waals surface area contributed by atoms with Crippen LogP contribution in [0.25, 0.3) is 0 Å². The van der Waals surface area contributed by atoms with Crippen LogP contribution in [0.4, 0.5) is 5.69 Å². The topological polar surface area (TPSA) is 59.1 Å². The highest BCUT2D eigenvalue weighted by Crippen LogP contribution is 2.02. The molecule has 0 fully saturated rings. The van der Waals surface area contributed by atoms with Crippen LogP contribution in [0.15, 0.2) is 18.5 Å². The van der Waals surface area contributed by atoms with Crippen molar-refractivity contribution >= 4 is 18.1 Å². The van der Waals surface area contributed by atoms with Crippen molar-refractivity contribution in [3.63, 3.8) is 0 Å². The van der Waals surface area contributed by atoms with Crippen LogP contribution in [-0.2, 0) is 6.61 Å². The van der Waals surface area contributed by atoms with Crippen LogP contribution in [0.5, 0.6) is 0 Å². The molecule has 3 N–H and O–H groups in total. The van der Waals surface area contributed by atoms with E-state index >= 15 is 0 Å². The van der Waals surface area contributed by atoms with Gasteiger partial charge in [0.05, 0.1) is 12.3 Å². The summed E-state index contributed by atoms with van der Waals surface area (Å²) in [5.74, 6) is 0. The van der Waals surface area contributed by atoms with Crippen molar-refractivity contribution in [2.75, 3.05) is 5.73 Å². The first-order chi connectivity index (χ1) is 4.33. The third-order valence-electron chi connectivity index (χ3n) is 0.999. The van der Waals surface area contributed by atoms with Gasteiger partial charge in [0.2, 0.25) is 0 Å². The van der Waals surface area contributed by atoms with Crippen molar-refractivity contribution in [2.24, 2.45) is 0 Å². The SMILES string of the molecule is Cl.Nc1cncc(CO)c1. The van der Waals surface area contributed by atoms with Gasteiger partial charge in [-0.05, 0) is 11.6 Å². The van der Waals surface area contributed by atoms with Crippen molar-refractivity contribution in [3.05, 3.63) is 24.0 Å². The molecule has 0 amide bonds. The Kier molecular flexibility index (Phi) is 3.76. The summed E-state index contributed by atoms with van der Waals surface area (Å²) in [5.41, 5.74) is 6.69. The van der Waals surface area contributed by atoms with Crippen molar-refractivity contribution in [3.8, 4) is 0 Å². The third kappa shape index (κ3) is 2.21. The maximum Gasteiger partial charge on any atom is 0.0697 e. The molecule has 0 aliphatic rings. The second kappa shape index (κ2) is 4.09. The van der Waals surface area contributed by atoms with Gasteiger partial charge < -0.3 is 10.8 Å². The van der Waals surface area contributed by atoms with E-state index in [4.69, 9.17) is 10.8 Å². The quantitative estimate of drug-likeness (QED) is 0.632. The first-order valence-electron chi connectivity index (χ1n) is 2.63. The predicted molar refractivity (Wildman–Crippen MR) is 41.8 cm³/mol. The maximum absolute atomic E-state index is 8.57. The molecule has 0 saturated carbocycles. The van der Waals surface area contributed by atoms with Crippen LogP contribution in [-0.4, -0.2) is 10.1 Å². The first-order valence-corrected chi connectivity index (χ1v) is 2.63. The number of aliphatic hydroxyl groups is 1. The van der Waals surface area contributed by atoms with Crippen molar-refractivity contribution in [2.45, 2.75) is 6.61 Å². The van der Waals surface area contributed by atoms with Crippen LogP contribution < -0.4 is 5.73 Å². The van der Waals surface area contributed by atoms with E-state index in [1.54, 1.807) is 18.5 Å². The summed E-state index contributed by atoms with van der Waals surface area (Å²) in [5, 5.41) is 8.57. The van der Waals surface area contributed by atoms with Crippen LogP contribution in [0.3, 0.4) is 0 Å². The number of hydrogen-bond acceptors (Lipinski definition) is 3. The highest BCUT2D eigenvalue weighted by Gasteiger charge is 1.88. The number of aromatic nitrogens is 1. The Balaban J connectivity index is 0.000000810. The van der Waals surface area contributed by atoms with Gasteiger partial charge in [-0.3, -0.25) is 4.98 Å². The minimum Gasteiger partial charge on any atom is -0.397 e. The molecule has 56 valence electrons. The lowest BCUT2D eigenvalue weighted by atomic mass is 10.3. The molecule has 0 spiro atoms. The largest absolute Gasteiger partial charge is 0.397 e. The maximum atomic E-state index is 8.57. The molecular weight excluding hydrogens is 152 g/mol. The molecule has 1 heterocycles. The zero-order valence-corrected chi connectivity index (χ0v) is 6.14. The van der Waals surface area contributed by atoms with Crippen molar-refractivity contribution < 1.29 is 5.11 Å². The Morgan fingerprint density at radius 1 is 1.50 bits per heavy atom. The Hall–Kier alpha value is -0.800. The number of halogens is 1. The van der Waals surface area contributed by atoms with Gasteiger partial charge in [0.15, 0.2) is 0 Å². The standard InChI is InChI=1S/C6H8N2O.ClH/c7-6-1-5(4-9)2-8-3-6;/h1-3,9H,4,7H2;1H. The Morgan fingerprint density at radius 2 is 2.20 bits per heavy atom. The van der Waals surface area contributed by atoms with E-state index in [1.807, 2.05) is 0 Å². The van der Waals surface area contributed by atoms with Crippen LogP contribution in [0.2, 0.25) is 0 Å². The number of nitrogens with two attached hydrogens (primary N) is 1. The minimum absolute atomic E-state index is 0. The zero-order chi connectivity index (χ0) is 6.69. The lowest BCUT2D eigenvalue weighted by Gasteiger charge is -1.94. The second-order valence-corrected chi connectivity index (χ2v) is 1.78. The summed E-state index contributed by atoms with van der Waals surface area (Å²) >= 11 is 0. The molecule has 4 heteroatoms. The lowest BCUT2D eigenvalue weighted by molar-refractivity contribution is 0.281. The monoisotopic (exact) mass is 160 g/mol. The molecule has 0 bridgehead atoms. The van der Waals surface area contributed by atoms with E-state index < -0.39 is 0 Å². The van der Waals surface area contributed by atoms with Gasteiger partial charge in [0.1, 0.15) is 0 Å². The number of nitrogens with zero attached hydrogens (tertiary/aromatic N) is 1. The molecule has 0 atom stereocenters. The molecule has 0 radical (unpaired) electrons. The number of nitrogen functional groups attached to an aromatic ring is 1. The fraction of sp³-hybridized carbons (Fsp3) is 0.167. The second-order valence-electron chi connectivity index (χ2n) is 1.78. The fourth-order valence-electron chi connectivity index (χ4n) is 0.594. The fourth-order valence-corrected chi connectivity index (χ4v) is 0.594.